The predicted molar refractivity (Wildman–Crippen MR) is 99.2 cm³/mol. The van der Waals surface area contributed by atoms with Crippen LogP contribution in [0.5, 0.6) is 0 Å². The number of anilines is 2. The molecule has 1 atom stereocenters. The monoisotopic (exact) mass is 366 g/mol. The Morgan fingerprint density at radius 3 is 2.73 bits per heavy atom. The van der Waals surface area contributed by atoms with Gasteiger partial charge in [0, 0.05) is 0 Å². The van der Waals surface area contributed by atoms with Gasteiger partial charge in [0.2, 0.25) is 11.8 Å². The highest BCUT2D eigenvalue weighted by Gasteiger charge is 2.29. The maximum Gasteiger partial charge on any atom is 0.254 e. The first-order chi connectivity index (χ1) is 12.6. The largest absolute Gasteiger partial charge is 0.340 e. The minimum atomic E-state index is -0.954. The Balaban J connectivity index is 1.47. The lowest BCUT2D eigenvalue weighted by Crippen LogP contribution is -2.43. The van der Waals surface area contributed by atoms with Crippen molar-refractivity contribution >= 4 is 50.1 Å². The molecule has 0 fully saturated rings. The van der Waals surface area contributed by atoms with Gasteiger partial charge in [-0.2, -0.15) is 0 Å². The Morgan fingerprint density at radius 2 is 1.88 bits per heavy atom. The van der Waals surface area contributed by atoms with Crippen molar-refractivity contribution in [3.63, 3.8) is 0 Å². The average molecular weight is 366 g/mol. The number of para-hydroxylation sites is 2. The molecule has 0 saturated heterocycles. The third kappa shape index (κ3) is 3.14. The molecule has 1 aliphatic heterocycles. The Kier molecular flexibility index (Phi) is 4.10. The Hall–Kier alpha value is -3.26. The molecule has 0 bridgehead atoms. The van der Waals surface area contributed by atoms with Crippen LogP contribution < -0.4 is 16.0 Å². The van der Waals surface area contributed by atoms with Crippen molar-refractivity contribution in [3.05, 3.63) is 54.1 Å². The topological polar surface area (TPSA) is 100 Å². The van der Waals surface area contributed by atoms with Crippen LogP contribution in [0.4, 0.5) is 10.8 Å². The van der Waals surface area contributed by atoms with Gasteiger partial charge in [-0.25, -0.2) is 4.98 Å². The Bertz CT molecular complexity index is 997. The lowest BCUT2D eigenvalue weighted by atomic mass is 10.1. The molecule has 0 radical (unpaired) electrons. The van der Waals surface area contributed by atoms with E-state index in [1.54, 1.807) is 24.3 Å². The van der Waals surface area contributed by atoms with Crippen LogP contribution in [0.2, 0.25) is 0 Å². The number of amides is 3. The summed E-state index contributed by atoms with van der Waals surface area (Å²) in [5, 5.41) is 8.43. The third-order valence-corrected chi connectivity index (χ3v) is 4.93. The second-order valence-electron chi connectivity index (χ2n) is 5.80. The van der Waals surface area contributed by atoms with Crippen LogP contribution in [0.15, 0.2) is 48.5 Å². The molecule has 0 aliphatic carbocycles. The number of aromatic nitrogens is 1. The first kappa shape index (κ1) is 16.2. The molecule has 7 nitrogen and oxygen atoms in total. The van der Waals surface area contributed by atoms with Crippen LogP contribution in [-0.2, 0) is 9.59 Å². The molecule has 2 heterocycles. The summed E-state index contributed by atoms with van der Waals surface area (Å²) in [6, 6.07) is 13.3. The Labute approximate surface area is 152 Å². The molecule has 1 aromatic heterocycles. The van der Waals surface area contributed by atoms with Gasteiger partial charge in [-0.05, 0) is 24.3 Å². The maximum atomic E-state index is 12.3. The van der Waals surface area contributed by atoms with Crippen molar-refractivity contribution < 1.29 is 14.4 Å². The number of carbonyl (C=O) groups is 3. The van der Waals surface area contributed by atoms with Gasteiger partial charge in [0.15, 0.2) is 5.13 Å². The van der Waals surface area contributed by atoms with Gasteiger partial charge in [0.1, 0.15) is 6.04 Å². The Morgan fingerprint density at radius 1 is 1.12 bits per heavy atom. The van der Waals surface area contributed by atoms with E-state index in [1.165, 1.54) is 11.3 Å². The van der Waals surface area contributed by atoms with Crippen molar-refractivity contribution in [3.8, 4) is 0 Å². The van der Waals surface area contributed by atoms with Gasteiger partial charge in [-0.1, -0.05) is 35.6 Å². The summed E-state index contributed by atoms with van der Waals surface area (Å²) >= 11 is 1.35. The summed E-state index contributed by atoms with van der Waals surface area (Å²) in [4.78, 5) is 41.3. The third-order valence-electron chi connectivity index (χ3n) is 3.98. The van der Waals surface area contributed by atoms with E-state index in [0.29, 0.717) is 16.4 Å². The lowest BCUT2D eigenvalue weighted by Gasteiger charge is -2.13. The van der Waals surface area contributed by atoms with Gasteiger partial charge >= 0.3 is 0 Å². The van der Waals surface area contributed by atoms with Crippen molar-refractivity contribution in [1.29, 1.82) is 0 Å². The predicted octanol–water partition coefficient (Wildman–Crippen LogP) is 2.38. The fourth-order valence-corrected chi connectivity index (χ4v) is 3.62. The molecule has 4 rings (SSSR count). The molecule has 0 unspecified atom stereocenters. The molecule has 0 saturated carbocycles. The number of nitrogens with one attached hydrogen (secondary N) is 3. The number of thiazole rings is 1. The van der Waals surface area contributed by atoms with Crippen LogP contribution in [-0.4, -0.2) is 28.7 Å². The molecule has 0 spiro atoms. The average Bonchev–Trinajstić information content (AvgIpc) is 2.98. The van der Waals surface area contributed by atoms with Crippen molar-refractivity contribution in [2.45, 2.75) is 12.5 Å². The second-order valence-corrected chi connectivity index (χ2v) is 6.83. The summed E-state index contributed by atoms with van der Waals surface area (Å²) in [5.74, 6) is -1.21. The number of rotatable bonds is 3. The normalized spacial score (nSPS) is 16.4. The molecule has 3 aromatic rings. The first-order valence-corrected chi connectivity index (χ1v) is 8.78. The molecular formula is C18H14N4O3S. The first-order valence-electron chi connectivity index (χ1n) is 7.96. The van der Waals surface area contributed by atoms with E-state index in [4.69, 9.17) is 0 Å². The van der Waals surface area contributed by atoms with Crippen molar-refractivity contribution in [2.24, 2.45) is 0 Å². The van der Waals surface area contributed by atoms with E-state index in [1.807, 2.05) is 24.3 Å². The smallest absolute Gasteiger partial charge is 0.254 e. The lowest BCUT2D eigenvalue weighted by molar-refractivity contribution is -0.122. The molecule has 130 valence electrons. The van der Waals surface area contributed by atoms with Crippen LogP contribution >= 0.6 is 11.3 Å². The minimum Gasteiger partial charge on any atom is -0.340 e. The quantitative estimate of drug-likeness (QED) is 0.662. The highest BCUT2D eigenvalue weighted by Crippen LogP contribution is 2.25. The summed E-state index contributed by atoms with van der Waals surface area (Å²) in [7, 11) is 0. The number of nitrogens with zero attached hydrogens (tertiary/aromatic N) is 1. The highest BCUT2D eigenvalue weighted by atomic mass is 32.1. The summed E-state index contributed by atoms with van der Waals surface area (Å²) in [5.41, 5.74) is 1.60. The van der Waals surface area contributed by atoms with Gasteiger partial charge in [-0.15, -0.1) is 0 Å². The summed E-state index contributed by atoms with van der Waals surface area (Å²) < 4.78 is 0.957. The van der Waals surface area contributed by atoms with Crippen LogP contribution in [0, 0.1) is 0 Å². The number of fused-ring (bicyclic) bond motifs is 2. The summed E-state index contributed by atoms with van der Waals surface area (Å²) in [6.07, 6.45) is -0.179. The van der Waals surface area contributed by atoms with Gasteiger partial charge in [-0.3, -0.25) is 14.4 Å². The highest BCUT2D eigenvalue weighted by molar-refractivity contribution is 7.22. The molecule has 26 heavy (non-hydrogen) atoms. The number of carbonyl (C=O) groups excluding carboxylic acids is 3. The van der Waals surface area contributed by atoms with E-state index < -0.39 is 23.8 Å². The van der Waals surface area contributed by atoms with Gasteiger partial charge < -0.3 is 16.0 Å². The number of hydrogen-bond donors (Lipinski definition) is 3. The van der Waals surface area contributed by atoms with Gasteiger partial charge in [0.25, 0.3) is 5.91 Å². The molecule has 1 aliphatic rings. The minimum absolute atomic E-state index is 0.179. The van der Waals surface area contributed by atoms with Crippen molar-refractivity contribution in [2.75, 3.05) is 10.6 Å². The van der Waals surface area contributed by atoms with Crippen LogP contribution in [0.1, 0.15) is 16.8 Å². The maximum absolute atomic E-state index is 12.3. The van der Waals surface area contributed by atoms with Crippen LogP contribution in [0.25, 0.3) is 10.2 Å². The van der Waals surface area contributed by atoms with E-state index in [-0.39, 0.29) is 6.42 Å². The molecule has 8 heteroatoms. The van der Waals surface area contributed by atoms with E-state index in [9.17, 15) is 14.4 Å². The zero-order valence-electron chi connectivity index (χ0n) is 13.5. The summed E-state index contributed by atoms with van der Waals surface area (Å²) in [6.45, 7) is 0. The van der Waals surface area contributed by atoms with E-state index in [0.717, 1.165) is 10.2 Å². The second kappa shape index (κ2) is 6.57. The molecular weight excluding hydrogens is 352 g/mol. The molecule has 3 N–H and O–H groups in total. The molecule has 3 amide bonds. The van der Waals surface area contributed by atoms with E-state index in [2.05, 4.69) is 20.9 Å². The SMILES string of the molecule is O=C(C[C@H]1NC(=O)c2ccccc2NC1=O)Nc1nc2ccccc2s1. The standard InChI is InChI=1S/C18H14N4O3S/c23-15(22-18-21-12-7-3-4-8-14(12)26-18)9-13-17(25)19-11-6-2-1-5-10(11)16(24)20-13/h1-8,13H,9H2,(H,19,25)(H,20,24)(H,21,22,23)/t13-/m1/s1. The van der Waals surface area contributed by atoms with Crippen molar-refractivity contribution in [1.82, 2.24) is 10.3 Å². The fraction of sp³-hybridized carbons (Fsp3) is 0.111. The zero-order valence-corrected chi connectivity index (χ0v) is 14.3. The van der Waals surface area contributed by atoms with Crippen LogP contribution in [0.3, 0.4) is 0 Å². The van der Waals surface area contributed by atoms with E-state index >= 15 is 0 Å². The number of hydrogen-bond acceptors (Lipinski definition) is 5. The zero-order chi connectivity index (χ0) is 18.1. The molecule has 2 aromatic carbocycles. The number of benzene rings is 2. The van der Waals surface area contributed by atoms with Gasteiger partial charge in [0.05, 0.1) is 27.9 Å². The fourth-order valence-electron chi connectivity index (χ4n) is 2.74.